The molecule has 18 heavy (non-hydrogen) atoms. The van der Waals surface area contributed by atoms with Crippen LogP contribution in [0.3, 0.4) is 0 Å². The predicted molar refractivity (Wildman–Crippen MR) is 72.2 cm³/mol. The number of thiazole rings is 1. The Kier molecular flexibility index (Phi) is 5.55. The Hall–Kier alpha value is -1.14. The zero-order chi connectivity index (χ0) is 13.6. The SMILES string of the molecule is COCCC(C)(C)CNc1nc(CC(=O)O)cs1. The maximum atomic E-state index is 10.5. The summed E-state index contributed by atoms with van der Waals surface area (Å²) >= 11 is 1.44. The summed E-state index contributed by atoms with van der Waals surface area (Å²) in [6, 6.07) is 0. The highest BCUT2D eigenvalue weighted by molar-refractivity contribution is 7.13. The Morgan fingerprint density at radius 1 is 1.61 bits per heavy atom. The number of carbonyl (C=O) groups is 1. The largest absolute Gasteiger partial charge is 0.481 e. The zero-order valence-electron chi connectivity index (χ0n) is 11.0. The Morgan fingerprint density at radius 2 is 2.33 bits per heavy atom. The molecule has 0 atom stereocenters. The summed E-state index contributed by atoms with van der Waals surface area (Å²) < 4.78 is 5.07. The van der Waals surface area contributed by atoms with E-state index in [9.17, 15) is 4.79 Å². The molecule has 0 bridgehead atoms. The zero-order valence-corrected chi connectivity index (χ0v) is 11.8. The predicted octanol–water partition coefficient (Wildman–Crippen LogP) is 2.24. The smallest absolute Gasteiger partial charge is 0.309 e. The molecule has 2 N–H and O–H groups in total. The van der Waals surface area contributed by atoms with Crippen molar-refractivity contribution in [3.63, 3.8) is 0 Å². The fourth-order valence-electron chi connectivity index (χ4n) is 1.41. The van der Waals surface area contributed by atoms with Crippen LogP contribution >= 0.6 is 11.3 Å². The van der Waals surface area contributed by atoms with Crippen LogP contribution in [0.2, 0.25) is 0 Å². The number of ether oxygens (including phenoxy) is 1. The minimum atomic E-state index is -0.854. The lowest BCUT2D eigenvalue weighted by atomic mass is 9.90. The van der Waals surface area contributed by atoms with Gasteiger partial charge >= 0.3 is 5.97 Å². The van der Waals surface area contributed by atoms with Gasteiger partial charge in [-0.3, -0.25) is 4.79 Å². The average molecular weight is 272 g/mol. The van der Waals surface area contributed by atoms with Gasteiger partial charge in [0, 0.05) is 25.6 Å². The minimum absolute atomic E-state index is 0.0226. The van der Waals surface area contributed by atoms with E-state index < -0.39 is 5.97 Å². The molecule has 0 saturated carbocycles. The molecule has 0 amide bonds. The summed E-state index contributed by atoms with van der Waals surface area (Å²) in [6.45, 7) is 5.84. The van der Waals surface area contributed by atoms with Gasteiger partial charge in [-0.2, -0.15) is 0 Å². The van der Waals surface area contributed by atoms with Crippen LogP contribution in [-0.4, -0.2) is 36.3 Å². The van der Waals surface area contributed by atoms with E-state index in [1.807, 2.05) is 0 Å². The number of hydrogen-bond acceptors (Lipinski definition) is 5. The van der Waals surface area contributed by atoms with Gasteiger partial charge in [0.25, 0.3) is 0 Å². The number of carboxylic acid groups (broad SMARTS) is 1. The molecule has 0 aliphatic rings. The Balaban J connectivity index is 2.43. The van der Waals surface area contributed by atoms with Crippen molar-refractivity contribution in [3.8, 4) is 0 Å². The van der Waals surface area contributed by atoms with Gasteiger partial charge in [-0.05, 0) is 11.8 Å². The van der Waals surface area contributed by atoms with Gasteiger partial charge in [0.05, 0.1) is 12.1 Å². The molecular weight excluding hydrogens is 252 g/mol. The van der Waals surface area contributed by atoms with Gasteiger partial charge in [-0.25, -0.2) is 4.98 Å². The first-order valence-electron chi connectivity index (χ1n) is 5.82. The van der Waals surface area contributed by atoms with E-state index in [-0.39, 0.29) is 11.8 Å². The van der Waals surface area contributed by atoms with Gasteiger partial charge < -0.3 is 15.2 Å². The summed E-state index contributed by atoms with van der Waals surface area (Å²) in [5, 5.41) is 14.5. The first-order valence-corrected chi connectivity index (χ1v) is 6.70. The molecule has 5 nitrogen and oxygen atoms in total. The van der Waals surface area contributed by atoms with Crippen molar-refractivity contribution in [1.82, 2.24) is 4.98 Å². The van der Waals surface area contributed by atoms with E-state index >= 15 is 0 Å². The third-order valence-electron chi connectivity index (χ3n) is 2.59. The topological polar surface area (TPSA) is 71.5 Å². The van der Waals surface area contributed by atoms with Gasteiger partial charge in [0.2, 0.25) is 0 Å². The second-order valence-corrected chi connectivity index (χ2v) is 5.83. The van der Waals surface area contributed by atoms with E-state index in [0.717, 1.165) is 24.7 Å². The van der Waals surface area contributed by atoms with Crippen LogP contribution in [0.25, 0.3) is 0 Å². The van der Waals surface area contributed by atoms with Crippen molar-refractivity contribution in [3.05, 3.63) is 11.1 Å². The molecule has 0 spiro atoms. The summed E-state index contributed by atoms with van der Waals surface area (Å²) in [5.74, 6) is -0.854. The summed E-state index contributed by atoms with van der Waals surface area (Å²) in [5.41, 5.74) is 0.721. The van der Waals surface area contributed by atoms with Gasteiger partial charge in [-0.1, -0.05) is 13.8 Å². The summed E-state index contributed by atoms with van der Waals surface area (Å²) in [6.07, 6.45) is 0.940. The molecule has 0 saturated heterocycles. The van der Waals surface area contributed by atoms with Crippen LogP contribution in [0.1, 0.15) is 26.0 Å². The van der Waals surface area contributed by atoms with E-state index in [0.29, 0.717) is 5.69 Å². The van der Waals surface area contributed by atoms with E-state index in [4.69, 9.17) is 9.84 Å². The molecule has 1 aromatic rings. The van der Waals surface area contributed by atoms with E-state index in [1.54, 1.807) is 12.5 Å². The van der Waals surface area contributed by atoms with Crippen molar-refractivity contribution in [2.24, 2.45) is 5.41 Å². The fourth-order valence-corrected chi connectivity index (χ4v) is 2.12. The monoisotopic (exact) mass is 272 g/mol. The lowest BCUT2D eigenvalue weighted by Crippen LogP contribution is -2.24. The molecule has 0 aromatic carbocycles. The number of methoxy groups -OCH3 is 1. The number of aliphatic carboxylic acids is 1. The minimum Gasteiger partial charge on any atom is -0.481 e. The van der Waals surface area contributed by atoms with Crippen LogP contribution in [0, 0.1) is 5.41 Å². The van der Waals surface area contributed by atoms with Crippen LogP contribution in [-0.2, 0) is 16.0 Å². The third kappa shape index (κ3) is 5.46. The van der Waals surface area contributed by atoms with Crippen molar-refractivity contribution in [2.45, 2.75) is 26.7 Å². The number of rotatable bonds is 8. The molecule has 102 valence electrons. The van der Waals surface area contributed by atoms with Crippen LogP contribution in [0.15, 0.2) is 5.38 Å². The normalized spacial score (nSPS) is 11.5. The van der Waals surface area contributed by atoms with Crippen molar-refractivity contribution in [2.75, 3.05) is 25.6 Å². The van der Waals surface area contributed by atoms with Crippen molar-refractivity contribution >= 4 is 22.4 Å². The molecule has 1 rings (SSSR count). The number of nitrogens with zero attached hydrogens (tertiary/aromatic N) is 1. The van der Waals surface area contributed by atoms with Gasteiger partial charge in [-0.15, -0.1) is 11.3 Å². The summed E-state index contributed by atoms with van der Waals surface area (Å²) in [4.78, 5) is 14.8. The Bertz CT molecular complexity index is 390. The quantitative estimate of drug-likeness (QED) is 0.759. The van der Waals surface area contributed by atoms with E-state index in [2.05, 4.69) is 24.1 Å². The van der Waals surface area contributed by atoms with Crippen LogP contribution in [0.4, 0.5) is 5.13 Å². The maximum Gasteiger partial charge on any atom is 0.309 e. The number of carboxylic acids is 1. The van der Waals surface area contributed by atoms with E-state index in [1.165, 1.54) is 11.3 Å². The molecule has 6 heteroatoms. The van der Waals surface area contributed by atoms with Crippen LogP contribution in [0.5, 0.6) is 0 Å². The number of anilines is 1. The first kappa shape index (κ1) is 14.9. The lowest BCUT2D eigenvalue weighted by molar-refractivity contribution is -0.136. The average Bonchev–Trinajstić information content (AvgIpc) is 2.71. The molecule has 0 radical (unpaired) electrons. The van der Waals surface area contributed by atoms with Crippen molar-refractivity contribution < 1.29 is 14.6 Å². The highest BCUT2D eigenvalue weighted by Gasteiger charge is 2.18. The molecule has 0 fully saturated rings. The molecule has 0 unspecified atom stereocenters. The molecule has 0 aliphatic carbocycles. The molecular formula is C12H20N2O3S. The fraction of sp³-hybridized carbons (Fsp3) is 0.667. The van der Waals surface area contributed by atoms with Gasteiger partial charge in [0.1, 0.15) is 0 Å². The number of hydrogen-bond donors (Lipinski definition) is 2. The number of aromatic nitrogens is 1. The van der Waals surface area contributed by atoms with Gasteiger partial charge in [0.15, 0.2) is 5.13 Å². The Labute approximate surface area is 111 Å². The first-order chi connectivity index (χ1) is 8.43. The Morgan fingerprint density at radius 3 is 2.94 bits per heavy atom. The highest BCUT2D eigenvalue weighted by atomic mass is 32.1. The standard InChI is InChI=1S/C12H20N2O3S/c1-12(2,4-5-17-3)8-13-11-14-9(7-18-11)6-10(15)16/h7H,4-6,8H2,1-3H3,(H,13,14)(H,15,16). The maximum absolute atomic E-state index is 10.5. The third-order valence-corrected chi connectivity index (χ3v) is 3.43. The lowest BCUT2D eigenvalue weighted by Gasteiger charge is -2.24. The van der Waals surface area contributed by atoms with Crippen molar-refractivity contribution in [1.29, 1.82) is 0 Å². The second-order valence-electron chi connectivity index (χ2n) is 4.98. The second kappa shape index (κ2) is 6.70. The summed E-state index contributed by atoms with van der Waals surface area (Å²) in [7, 11) is 1.70. The number of nitrogens with one attached hydrogen (secondary N) is 1. The van der Waals surface area contributed by atoms with Crippen LogP contribution < -0.4 is 5.32 Å². The molecule has 1 heterocycles. The highest BCUT2D eigenvalue weighted by Crippen LogP contribution is 2.23. The molecule has 0 aliphatic heterocycles. The molecule has 1 aromatic heterocycles.